The first-order chi connectivity index (χ1) is 18.0. The van der Waals surface area contributed by atoms with E-state index < -0.39 is 52.5 Å². The van der Waals surface area contributed by atoms with E-state index in [9.17, 15) is 19.2 Å². The van der Waals surface area contributed by atoms with Crippen LogP contribution in [-0.2, 0) is 33.3 Å². The summed E-state index contributed by atoms with van der Waals surface area (Å²) in [6.07, 6.45) is 0.494. The van der Waals surface area contributed by atoms with Gasteiger partial charge in [-0.25, -0.2) is 9.59 Å². The maximum atomic E-state index is 13.0. The Kier molecular flexibility index (Phi) is 12.5. The highest BCUT2D eigenvalue weighted by Gasteiger charge is 2.38. The molecule has 0 spiro atoms. The molecule has 0 saturated carbocycles. The lowest BCUT2D eigenvalue weighted by molar-refractivity contribution is -0.166. The minimum Gasteiger partial charge on any atom is -0.459 e. The van der Waals surface area contributed by atoms with E-state index in [0.29, 0.717) is 19.4 Å². The molecule has 1 aliphatic rings. The molecular formula is C29H53N3O8. The highest BCUT2D eigenvalue weighted by Crippen LogP contribution is 2.22. The molecule has 1 rings (SSSR count). The summed E-state index contributed by atoms with van der Waals surface area (Å²) in [5, 5.41) is 5.77. The van der Waals surface area contributed by atoms with Crippen molar-refractivity contribution < 1.29 is 38.1 Å². The van der Waals surface area contributed by atoms with E-state index >= 15 is 0 Å². The number of nitrogens with one attached hydrogen (secondary N) is 2. The topological polar surface area (TPSA) is 132 Å². The largest absolute Gasteiger partial charge is 0.459 e. The number of esters is 3. The monoisotopic (exact) mass is 571 g/mol. The summed E-state index contributed by atoms with van der Waals surface area (Å²) in [5.74, 6) is -1.31. The number of carbonyl (C=O) groups excluding carboxylic acids is 4. The van der Waals surface area contributed by atoms with Crippen LogP contribution in [0.5, 0.6) is 0 Å². The fourth-order valence-electron chi connectivity index (χ4n) is 3.79. The molecular weight excluding hydrogens is 518 g/mol. The van der Waals surface area contributed by atoms with Gasteiger partial charge in [0.1, 0.15) is 40.5 Å². The lowest BCUT2D eigenvalue weighted by Gasteiger charge is -2.40. The molecule has 232 valence electrons. The second-order valence-electron chi connectivity index (χ2n) is 14.2. The van der Waals surface area contributed by atoms with E-state index in [1.54, 1.807) is 62.3 Å². The zero-order valence-corrected chi connectivity index (χ0v) is 26.7. The van der Waals surface area contributed by atoms with Gasteiger partial charge in [0.05, 0.1) is 0 Å². The van der Waals surface area contributed by atoms with E-state index in [1.807, 2.05) is 25.7 Å². The predicted octanol–water partition coefficient (Wildman–Crippen LogP) is 3.72. The predicted molar refractivity (Wildman–Crippen MR) is 152 cm³/mol. The van der Waals surface area contributed by atoms with Gasteiger partial charge in [-0.05, 0) is 109 Å². The molecule has 1 heterocycles. The lowest BCUT2D eigenvalue weighted by Crippen LogP contribution is -2.55. The van der Waals surface area contributed by atoms with Gasteiger partial charge in [0.15, 0.2) is 0 Å². The van der Waals surface area contributed by atoms with E-state index in [0.717, 1.165) is 6.54 Å². The molecule has 3 atom stereocenters. The SMILES string of the molecule is CC(C)(C)OC(=O)N[C@@H](CCN[C@@H](CCN1CC[C@H]1C(=O)OC(C)(C)C)C(=O)OC(C)(C)C)C(=O)OC(C)(C)C. The van der Waals surface area contributed by atoms with Crippen LogP contribution in [0, 0.1) is 0 Å². The van der Waals surface area contributed by atoms with Crippen LogP contribution in [0.4, 0.5) is 4.79 Å². The third kappa shape index (κ3) is 14.8. The van der Waals surface area contributed by atoms with Gasteiger partial charge in [0.25, 0.3) is 0 Å². The molecule has 1 saturated heterocycles. The fourth-order valence-corrected chi connectivity index (χ4v) is 3.79. The van der Waals surface area contributed by atoms with Crippen molar-refractivity contribution in [2.45, 2.75) is 143 Å². The van der Waals surface area contributed by atoms with Crippen LogP contribution in [0.25, 0.3) is 0 Å². The first-order valence-electron chi connectivity index (χ1n) is 14.1. The van der Waals surface area contributed by atoms with Crippen LogP contribution in [0.1, 0.15) is 102 Å². The lowest BCUT2D eigenvalue weighted by atomic mass is 10.0. The van der Waals surface area contributed by atoms with Crippen molar-refractivity contribution in [3.8, 4) is 0 Å². The molecule has 2 N–H and O–H groups in total. The molecule has 1 aliphatic heterocycles. The number of amides is 1. The van der Waals surface area contributed by atoms with Crippen molar-refractivity contribution in [1.82, 2.24) is 15.5 Å². The Morgan fingerprint density at radius 3 is 1.60 bits per heavy atom. The van der Waals surface area contributed by atoms with Gasteiger partial charge in [-0.1, -0.05) is 0 Å². The number of hydrogen-bond donors (Lipinski definition) is 2. The normalized spacial score (nSPS) is 18.1. The minimum atomic E-state index is -0.993. The quantitative estimate of drug-likeness (QED) is 0.279. The zero-order valence-electron chi connectivity index (χ0n) is 26.7. The van der Waals surface area contributed by atoms with Crippen molar-refractivity contribution in [1.29, 1.82) is 0 Å². The second kappa shape index (κ2) is 14.0. The molecule has 0 aromatic carbocycles. The molecule has 0 aromatic heterocycles. The first kappa shape index (κ1) is 35.6. The summed E-state index contributed by atoms with van der Waals surface area (Å²) in [7, 11) is 0. The standard InChI is InChI=1S/C29H53N3O8/c1-26(2,3)37-22(33)19(14-17-32-18-15-21(32)24(35)39-28(7,8)9)30-16-13-20(23(34)38-27(4,5)6)31-25(36)40-29(10,11)12/h19-21,30H,13-18H2,1-12H3,(H,31,36)/t19-,20-,21-/m0/s1. The summed E-state index contributed by atoms with van der Waals surface area (Å²) in [5.41, 5.74) is -2.75. The molecule has 0 aromatic rings. The summed E-state index contributed by atoms with van der Waals surface area (Å²) in [4.78, 5) is 52.8. The van der Waals surface area contributed by atoms with Crippen molar-refractivity contribution in [2.75, 3.05) is 19.6 Å². The van der Waals surface area contributed by atoms with Crippen LogP contribution in [0.3, 0.4) is 0 Å². The van der Waals surface area contributed by atoms with Crippen molar-refractivity contribution in [3.05, 3.63) is 0 Å². The van der Waals surface area contributed by atoms with Gasteiger partial charge >= 0.3 is 24.0 Å². The van der Waals surface area contributed by atoms with Gasteiger partial charge in [-0.3, -0.25) is 14.5 Å². The van der Waals surface area contributed by atoms with Crippen LogP contribution < -0.4 is 10.6 Å². The van der Waals surface area contributed by atoms with Gasteiger partial charge in [0, 0.05) is 13.1 Å². The Morgan fingerprint density at radius 1 is 0.700 bits per heavy atom. The number of rotatable bonds is 11. The Bertz CT molecular complexity index is 878. The smallest absolute Gasteiger partial charge is 0.408 e. The average molecular weight is 572 g/mol. The minimum absolute atomic E-state index is 0.150. The van der Waals surface area contributed by atoms with E-state index in [4.69, 9.17) is 18.9 Å². The molecule has 0 unspecified atom stereocenters. The molecule has 11 nitrogen and oxygen atoms in total. The van der Waals surface area contributed by atoms with E-state index in [-0.39, 0.29) is 25.0 Å². The van der Waals surface area contributed by atoms with Gasteiger partial charge < -0.3 is 29.6 Å². The van der Waals surface area contributed by atoms with Crippen LogP contribution in [0.2, 0.25) is 0 Å². The molecule has 40 heavy (non-hydrogen) atoms. The van der Waals surface area contributed by atoms with Crippen LogP contribution in [0.15, 0.2) is 0 Å². The van der Waals surface area contributed by atoms with Gasteiger partial charge in [0.2, 0.25) is 0 Å². The Hall–Kier alpha value is -2.40. The van der Waals surface area contributed by atoms with Crippen LogP contribution >= 0.6 is 0 Å². The third-order valence-corrected chi connectivity index (χ3v) is 5.41. The Morgan fingerprint density at radius 2 is 1.18 bits per heavy atom. The number of nitrogens with zero attached hydrogens (tertiary/aromatic N) is 1. The first-order valence-corrected chi connectivity index (χ1v) is 14.1. The molecule has 1 amide bonds. The third-order valence-electron chi connectivity index (χ3n) is 5.41. The Labute approximate surface area is 240 Å². The molecule has 0 aliphatic carbocycles. The molecule has 0 bridgehead atoms. The van der Waals surface area contributed by atoms with Crippen LogP contribution in [-0.4, -0.2) is 89.1 Å². The summed E-state index contributed by atoms with van der Waals surface area (Å²) in [6, 6.07) is -2.03. The molecule has 11 heteroatoms. The Balaban J connectivity index is 2.90. The summed E-state index contributed by atoms with van der Waals surface area (Å²) >= 11 is 0. The number of ether oxygens (including phenoxy) is 4. The van der Waals surface area contributed by atoms with Gasteiger partial charge in [-0.2, -0.15) is 0 Å². The van der Waals surface area contributed by atoms with Crippen molar-refractivity contribution in [3.63, 3.8) is 0 Å². The van der Waals surface area contributed by atoms with E-state index in [2.05, 4.69) is 10.6 Å². The maximum absolute atomic E-state index is 13.0. The second-order valence-corrected chi connectivity index (χ2v) is 14.2. The zero-order chi connectivity index (χ0) is 31.1. The average Bonchev–Trinajstić information content (AvgIpc) is 2.65. The van der Waals surface area contributed by atoms with Gasteiger partial charge in [-0.15, -0.1) is 0 Å². The maximum Gasteiger partial charge on any atom is 0.408 e. The number of likely N-dealkylation sites (tertiary alicyclic amines) is 1. The number of alkyl carbamates (subject to hydrolysis) is 1. The highest BCUT2D eigenvalue weighted by atomic mass is 16.6. The van der Waals surface area contributed by atoms with E-state index in [1.165, 1.54) is 0 Å². The van der Waals surface area contributed by atoms with Crippen molar-refractivity contribution >= 4 is 24.0 Å². The molecule has 0 radical (unpaired) electrons. The fraction of sp³-hybridized carbons (Fsp3) is 0.862. The van der Waals surface area contributed by atoms with Crippen molar-refractivity contribution in [2.24, 2.45) is 0 Å². The summed E-state index contributed by atoms with van der Waals surface area (Å²) in [6.45, 7) is 22.7. The number of carbonyl (C=O) groups is 4. The number of hydrogen-bond acceptors (Lipinski definition) is 10. The molecule has 1 fully saturated rings. The summed E-state index contributed by atoms with van der Waals surface area (Å²) < 4.78 is 22.0. The highest BCUT2D eigenvalue weighted by molar-refractivity contribution is 5.82.